The Morgan fingerprint density at radius 2 is 1.95 bits per heavy atom. The number of fused-ring (bicyclic) bond motifs is 1. The standard InChI is InChI=1S/C18H29NO/c1-11-6-7-15(13(11)3)19-12(2)8-14-16(19)9-18(4,5)10-17(14)20/h8,11,13,15,17,20H,6-7,9-10H2,1-5H3. The van der Waals surface area contributed by atoms with Crippen molar-refractivity contribution in [3.8, 4) is 0 Å². The number of nitrogens with zero attached hydrogens (tertiary/aromatic N) is 1. The second kappa shape index (κ2) is 4.62. The van der Waals surface area contributed by atoms with Gasteiger partial charge in [-0.2, -0.15) is 0 Å². The second-order valence-electron chi connectivity index (χ2n) is 8.10. The monoisotopic (exact) mass is 275 g/mol. The Balaban J connectivity index is 2.05. The van der Waals surface area contributed by atoms with Gasteiger partial charge in [0.1, 0.15) is 0 Å². The predicted molar refractivity (Wildman–Crippen MR) is 82.8 cm³/mol. The number of rotatable bonds is 1. The van der Waals surface area contributed by atoms with Gasteiger partial charge in [0, 0.05) is 23.0 Å². The van der Waals surface area contributed by atoms with E-state index < -0.39 is 0 Å². The molecule has 0 spiro atoms. The lowest BCUT2D eigenvalue weighted by Crippen LogP contribution is -2.28. The van der Waals surface area contributed by atoms with Gasteiger partial charge in [-0.15, -0.1) is 0 Å². The molecule has 1 fully saturated rings. The van der Waals surface area contributed by atoms with Gasteiger partial charge in [-0.05, 0) is 55.9 Å². The number of hydrogen-bond donors (Lipinski definition) is 1. The molecule has 1 aromatic rings. The van der Waals surface area contributed by atoms with Crippen molar-refractivity contribution in [2.75, 3.05) is 0 Å². The van der Waals surface area contributed by atoms with Gasteiger partial charge in [0.05, 0.1) is 6.10 Å². The van der Waals surface area contributed by atoms with E-state index in [-0.39, 0.29) is 11.5 Å². The molecule has 20 heavy (non-hydrogen) atoms. The largest absolute Gasteiger partial charge is 0.388 e. The first-order valence-corrected chi connectivity index (χ1v) is 8.19. The summed E-state index contributed by atoms with van der Waals surface area (Å²) in [5.74, 6) is 1.56. The van der Waals surface area contributed by atoms with E-state index in [9.17, 15) is 5.11 Å². The van der Waals surface area contributed by atoms with Crippen LogP contribution in [0.1, 0.15) is 76.1 Å². The number of aliphatic hydroxyl groups excluding tert-OH is 1. The van der Waals surface area contributed by atoms with Crippen LogP contribution in [0.4, 0.5) is 0 Å². The molecule has 0 bridgehead atoms. The highest BCUT2D eigenvalue weighted by Crippen LogP contribution is 2.47. The summed E-state index contributed by atoms with van der Waals surface area (Å²) in [7, 11) is 0. The van der Waals surface area contributed by atoms with Gasteiger partial charge in [-0.25, -0.2) is 0 Å². The third-order valence-electron chi connectivity index (χ3n) is 5.87. The molecule has 0 saturated heterocycles. The van der Waals surface area contributed by atoms with Crippen LogP contribution in [0.5, 0.6) is 0 Å². The summed E-state index contributed by atoms with van der Waals surface area (Å²) in [6.45, 7) is 11.6. The minimum absolute atomic E-state index is 0.211. The number of aliphatic hydroxyl groups is 1. The lowest BCUT2D eigenvalue weighted by atomic mass is 9.75. The molecule has 0 radical (unpaired) electrons. The number of aromatic nitrogens is 1. The molecule has 0 aromatic carbocycles. The molecule has 1 N–H and O–H groups in total. The smallest absolute Gasteiger partial charge is 0.0812 e. The molecule has 0 aliphatic heterocycles. The molecule has 2 aliphatic rings. The molecular weight excluding hydrogens is 246 g/mol. The minimum atomic E-state index is -0.275. The first kappa shape index (κ1) is 14.2. The molecule has 2 aliphatic carbocycles. The zero-order chi connectivity index (χ0) is 14.7. The summed E-state index contributed by atoms with van der Waals surface area (Å²) in [5, 5.41) is 10.5. The average molecular weight is 275 g/mol. The lowest BCUT2D eigenvalue weighted by molar-refractivity contribution is 0.0970. The molecule has 0 amide bonds. The summed E-state index contributed by atoms with van der Waals surface area (Å²) in [6.07, 6.45) is 4.35. The average Bonchev–Trinajstić information content (AvgIpc) is 2.80. The Morgan fingerprint density at radius 3 is 2.55 bits per heavy atom. The quantitative estimate of drug-likeness (QED) is 0.807. The van der Waals surface area contributed by atoms with E-state index in [0.29, 0.717) is 6.04 Å². The van der Waals surface area contributed by atoms with Gasteiger partial charge in [-0.3, -0.25) is 0 Å². The van der Waals surface area contributed by atoms with Gasteiger partial charge in [0.2, 0.25) is 0 Å². The van der Waals surface area contributed by atoms with Gasteiger partial charge in [0.25, 0.3) is 0 Å². The summed E-state index contributed by atoms with van der Waals surface area (Å²) < 4.78 is 2.58. The number of hydrogen-bond acceptors (Lipinski definition) is 1. The van der Waals surface area contributed by atoms with Crippen molar-refractivity contribution < 1.29 is 5.11 Å². The van der Waals surface area contributed by atoms with Crippen LogP contribution < -0.4 is 0 Å². The van der Waals surface area contributed by atoms with E-state index in [4.69, 9.17) is 0 Å². The van der Waals surface area contributed by atoms with Crippen LogP contribution in [0.15, 0.2) is 6.07 Å². The van der Waals surface area contributed by atoms with E-state index in [0.717, 1.165) is 24.7 Å². The SMILES string of the molecule is Cc1cc2c(n1C1CCC(C)C1C)CC(C)(C)CC2O. The van der Waals surface area contributed by atoms with Crippen LogP contribution in [0.2, 0.25) is 0 Å². The highest BCUT2D eigenvalue weighted by molar-refractivity contribution is 5.34. The predicted octanol–water partition coefficient (Wildman–Crippen LogP) is 4.41. The van der Waals surface area contributed by atoms with Gasteiger partial charge in [-0.1, -0.05) is 27.7 Å². The van der Waals surface area contributed by atoms with Gasteiger partial charge < -0.3 is 9.67 Å². The molecule has 3 rings (SSSR count). The van der Waals surface area contributed by atoms with E-state index in [1.54, 1.807) is 0 Å². The van der Waals surface area contributed by atoms with Crippen molar-refractivity contribution in [2.24, 2.45) is 17.3 Å². The normalized spacial score (nSPS) is 36.1. The van der Waals surface area contributed by atoms with Crippen LogP contribution >= 0.6 is 0 Å². The minimum Gasteiger partial charge on any atom is -0.388 e. The molecule has 1 aromatic heterocycles. The fourth-order valence-corrected chi connectivity index (χ4v) is 4.53. The third kappa shape index (κ3) is 2.13. The Morgan fingerprint density at radius 1 is 1.25 bits per heavy atom. The molecule has 2 heteroatoms. The first-order chi connectivity index (χ1) is 9.30. The summed E-state index contributed by atoms with van der Waals surface area (Å²) in [4.78, 5) is 0. The summed E-state index contributed by atoms with van der Waals surface area (Å²) >= 11 is 0. The maximum Gasteiger partial charge on any atom is 0.0812 e. The highest BCUT2D eigenvalue weighted by atomic mass is 16.3. The first-order valence-electron chi connectivity index (χ1n) is 8.19. The maximum absolute atomic E-state index is 10.5. The van der Waals surface area contributed by atoms with Crippen molar-refractivity contribution >= 4 is 0 Å². The molecule has 1 saturated carbocycles. The van der Waals surface area contributed by atoms with E-state index in [2.05, 4.69) is 45.3 Å². The fourth-order valence-electron chi connectivity index (χ4n) is 4.53. The van der Waals surface area contributed by atoms with E-state index in [1.807, 2.05) is 0 Å². The summed E-state index contributed by atoms with van der Waals surface area (Å²) in [6, 6.07) is 2.88. The number of aryl methyl sites for hydroxylation is 1. The van der Waals surface area contributed by atoms with Crippen molar-refractivity contribution in [2.45, 2.75) is 72.4 Å². The van der Waals surface area contributed by atoms with Crippen molar-refractivity contribution in [1.29, 1.82) is 0 Å². The molecule has 4 unspecified atom stereocenters. The van der Waals surface area contributed by atoms with E-state index in [1.165, 1.54) is 29.8 Å². The van der Waals surface area contributed by atoms with Crippen molar-refractivity contribution in [3.63, 3.8) is 0 Å². The van der Waals surface area contributed by atoms with Crippen LogP contribution in [0, 0.1) is 24.2 Å². The van der Waals surface area contributed by atoms with Crippen LogP contribution in [-0.2, 0) is 6.42 Å². The van der Waals surface area contributed by atoms with Gasteiger partial charge in [0.15, 0.2) is 0 Å². The molecular formula is C18H29NO. The van der Waals surface area contributed by atoms with Gasteiger partial charge >= 0.3 is 0 Å². The topological polar surface area (TPSA) is 25.2 Å². The molecule has 2 nitrogen and oxygen atoms in total. The molecule has 4 atom stereocenters. The van der Waals surface area contributed by atoms with Crippen LogP contribution in [-0.4, -0.2) is 9.67 Å². The maximum atomic E-state index is 10.5. The third-order valence-corrected chi connectivity index (χ3v) is 5.87. The Bertz CT molecular complexity index is 514. The summed E-state index contributed by atoms with van der Waals surface area (Å²) in [5.41, 5.74) is 4.17. The second-order valence-corrected chi connectivity index (χ2v) is 8.10. The fraction of sp³-hybridized carbons (Fsp3) is 0.778. The van der Waals surface area contributed by atoms with Crippen LogP contribution in [0.25, 0.3) is 0 Å². The van der Waals surface area contributed by atoms with Crippen LogP contribution in [0.3, 0.4) is 0 Å². The molecule has 112 valence electrons. The zero-order valence-corrected chi connectivity index (χ0v) is 13.6. The Hall–Kier alpha value is -0.760. The molecule has 1 heterocycles. The van der Waals surface area contributed by atoms with Crippen molar-refractivity contribution in [1.82, 2.24) is 4.57 Å². The Kier molecular flexibility index (Phi) is 3.28. The lowest BCUT2D eigenvalue weighted by Gasteiger charge is -2.35. The Labute approximate surface area is 123 Å². The zero-order valence-electron chi connectivity index (χ0n) is 13.6. The van der Waals surface area contributed by atoms with Crippen molar-refractivity contribution in [3.05, 3.63) is 23.0 Å². The van der Waals surface area contributed by atoms with E-state index >= 15 is 0 Å². The highest BCUT2D eigenvalue weighted by Gasteiger charge is 2.38.